The van der Waals surface area contributed by atoms with Crippen LogP contribution in [0.15, 0.2) is 16.8 Å². The molecule has 0 saturated carbocycles. The van der Waals surface area contributed by atoms with Crippen LogP contribution in [-0.2, 0) is 19.1 Å². The van der Waals surface area contributed by atoms with Crippen LogP contribution in [0.2, 0.25) is 0 Å². The van der Waals surface area contributed by atoms with Crippen LogP contribution >= 0.6 is 0 Å². The predicted octanol–water partition coefficient (Wildman–Crippen LogP) is -3.70. The third-order valence-corrected chi connectivity index (χ3v) is 3.28. The molecule has 0 aliphatic carbocycles. The van der Waals surface area contributed by atoms with E-state index >= 15 is 0 Å². The fourth-order valence-corrected chi connectivity index (χ4v) is 2.23. The van der Waals surface area contributed by atoms with Gasteiger partial charge in [-0.1, -0.05) is 0 Å². The molecule has 11 heteroatoms. The van der Waals surface area contributed by atoms with E-state index in [4.69, 9.17) is 21.3 Å². The van der Waals surface area contributed by atoms with E-state index in [2.05, 4.69) is 15.0 Å². The molecule has 11 nitrogen and oxygen atoms in total. The Morgan fingerprint density at radius 3 is 2.54 bits per heavy atom. The number of hydrogen-bond donors (Lipinski definition) is 6. The molecular formula is C13H22N4O7. The second-order valence-corrected chi connectivity index (χ2v) is 5.12. The smallest absolute Gasteiger partial charge is 0.373 e. The molecule has 136 valence electrons. The largest absolute Gasteiger partial charge is 0.478 e. The SMILES string of the molecule is COC(=O)C1=C[C@H](N=C(N)N)[C@@H](NC(C)=O)[C@H]([C@H](O)[C@H](O)CO)O1. The van der Waals surface area contributed by atoms with Crippen molar-refractivity contribution in [1.29, 1.82) is 0 Å². The van der Waals surface area contributed by atoms with Crippen LogP contribution in [0.3, 0.4) is 0 Å². The van der Waals surface area contributed by atoms with Crippen molar-refractivity contribution in [2.45, 2.75) is 37.3 Å². The van der Waals surface area contributed by atoms with E-state index in [0.29, 0.717) is 0 Å². The average molecular weight is 346 g/mol. The zero-order chi connectivity index (χ0) is 18.4. The lowest BCUT2D eigenvalue weighted by Gasteiger charge is -2.38. The highest BCUT2D eigenvalue weighted by Gasteiger charge is 2.43. The zero-order valence-corrected chi connectivity index (χ0v) is 13.2. The highest BCUT2D eigenvalue weighted by atomic mass is 16.6. The number of ether oxygens (including phenoxy) is 2. The molecule has 1 aliphatic heterocycles. The summed E-state index contributed by atoms with van der Waals surface area (Å²) >= 11 is 0. The van der Waals surface area contributed by atoms with Gasteiger partial charge >= 0.3 is 5.97 Å². The van der Waals surface area contributed by atoms with Crippen molar-refractivity contribution < 1.29 is 34.4 Å². The highest BCUT2D eigenvalue weighted by Crippen LogP contribution is 2.25. The second-order valence-electron chi connectivity index (χ2n) is 5.12. The molecule has 0 spiro atoms. The van der Waals surface area contributed by atoms with Gasteiger partial charge in [0.25, 0.3) is 0 Å². The van der Waals surface area contributed by atoms with Gasteiger partial charge in [0.1, 0.15) is 18.3 Å². The number of amides is 1. The monoisotopic (exact) mass is 346 g/mol. The number of aliphatic hydroxyl groups excluding tert-OH is 3. The molecule has 1 aliphatic rings. The van der Waals surface area contributed by atoms with E-state index < -0.39 is 48.9 Å². The van der Waals surface area contributed by atoms with Crippen LogP contribution in [0, 0.1) is 0 Å². The molecule has 0 unspecified atom stereocenters. The maximum atomic E-state index is 11.7. The van der Waals surface area contributed by atoms with Gasteiger partial charge < -0.3 is 41.6 Å². The summed E-state index contributed by atoms with van der Waals surface area (Å²) in [5.41, 5.74) is 10.7. The maximum absolute atomic E-state index is 11.7. The van der Waals surface area contributed by atoms with E-state index in [1.807, 2.05) is 0 Å². The second kappa shape index (κ2) is 8.47. The van der Waals surface area contributed by atoms with E-state index in [0.717, 1.165) is 7.11 Å². The van der Waals surface area contributed by atoms with E-state index in [1.165, 1.54) is 13.0 Å². The van der Waals surface area contributed by atoms with Crippen LogP contribution in [0.1, 0.15) is 6.92 Å². The molecular weight excluding hydrogens is 324 g/mol. The van der Waals surface area contributed by atoms with Gasteiger partial charge in [-0.2, -0.15) is 0 Å². The van der Waals surface area contributed by atoms with Gasteiger partial charge in [-0.15, -0.1) is 0 Å². The number of methoxy groups -OCH3 is 1. The van der Waals surface area contributed by atoms with Gasteiger partial charge in [0.2, 0.25) is 11.7 Å². The summed E-state index contributed by atoms with van der Waals surface area (Å²) < 4.78 is 9.90. The van der Waals surface area contributed by atoms with Crippen LogP contribution in [0.5, 0.6) is 0 Å². The number of esters is 1. The lowest BCUT2D eigenvalue weighted by Crippen LogP contribution is -2.59. The number of carbonyl (C=O) groups excluding carboxylic acids is 2. The number of aliphatic imine (C=N–C) groups is 1. The number of nitrogens with one attached hydrogen (secondary N) is 1. The first kappa shape index (κ1) is 19.7. The molecule has 0 bridgehead atoms. The molecule has 0 aromatic carbocycles. The summed E-state index contributed by atoms with van der Waals surface area (Å²) in [7, 11) is 1.12. The van der Waals surface area contributed by atoms with Crippen LogP contribution in [-0.4, -0.2) is 77.3 Å². The van der Waals surface area contributed by atoms with E-state index in [9.17, 15) is 19.8 Å². The van der Waals surface area contributed by atoms with Gasteiger partial charge in [-0.3, -0.25) is 4.79 Å². The number of rotatable bonds is 6. The van der Waals surface area contributed by atoms with E-state index in [-0.39, 0.29) is 11.7 Å². The molecule has 8 N–H and O–H groups in total. The topological polar surface area (TPSA) is 190 Å². The molecule has 1 rings (SSSR count). The Hall–Kier alpha value is -2.37. The molecule has 1 amide bonds. The quantitative estimate of drug-likeness (QED) is 0.160. The maximum Gasteiger partial charge on any atom is 0.373 e. The van der Waals surface area contributed by atoms with Crippen molar-refractivity contribution in [2.75, 3.05) is 13.7 Å². The standard InChI is InChI=1S/C13H22N4O7/c1-5(19)16-9-6(17-13(14)15)3-8(12(22)23-2)24-11(9)10(21)7(20)4-18/h3,6-7,9-11,18,20-21H,4H2,1-2H3,(H,16,19)(H4,14,15,17)/t6-,7+,9+,10+,11+/m0/s1. The molecule has 24 heavy (non-hydrogen) atoms. The zero-order valence-electron chi connectivity index (χ0n) is 13.2. The van der Waals surface area contributed by atoms with Crippen LogP contribution in [0.25, 0.3) is 0 Å². The van der Waals surface area contributed by atoms with E-state index in [1.54, 1.807) is 0 Å². The summed E-state index contributed by atoms with van der Waals surface area (Å²) in [4.78, 5) is 27.1. The first-order valence-electron chi connectivity index (χ1n) is 7.00. The lowest BCUT2D eigenvalue weighted by atomic mass is 9.92. The summed E-state index contributed by atoms with van der Waals surface area (Å²) in [6.45, 7) is 0.454. The minimum Gasteiger partial charge on any atom is -0.478 e. The van der Waals surface area contributed by atoms with Crippen molar-refractivity contribution in [3.63, 3.8) is 0 Å². The fourth-order valence-electron chi connectivity index (χ4n) is 2.23. The Morgan fingerprint density at radius 1 is 1.46 bits per heavy atom. The van der Waals surface area contributed by atoms with Crippen LogP contribution in [0.4, 0.5) is 0 Å². The van der Waals surface area contributed by atoms with Crippen molar-refractivity contribution in [1.82, 2.24) is 5.32 Å². The summed E-state index contributed by atoms with van der Waals surface area (Å²) in [6, 6.07) is -1.97. The predicted molar refractivity (Wildman–Crippen MR) is 81.3 cm³/mol. The Labute approximate surface area is 137 Å². The Bertz CT molecular complexity index is 532. The third kappa shape index (κ3) is 4.81. The average Bonchev–Trinajstić information content (AvgIpc) is 2.52. The molecule has 0 aromatic heterocycles. The molecule has 0 aromatic rings. The normalized spacial score (nSPS) is 25.5. The van der Waals surface area contributed by atoms with Crippen molar-refractivity contribution >= 4 is 17.8 Å². The molecule has 1 heterocycles. The van der Waals surface area contributed by atoms with Crippen LogP contribution < -0.4 is 16.8 Å². The highest BCUT2D eigenvalue weighted by molar-refractivity contribution is 5.87. The van der Waals surface area contributed by atoms with Gasteiger partial charge in [-0.25, -0.2) is 9.79 Å². The summed E-state index contributed by atoms with van der Waals surface area (Å²) in [5.74, 6) is -1.97. The van der Waals surface area contributed by atoms with Gasteiger partial charge in [0.15, 0.2) is 5.96 Å². The number of hydrogen-bond acceptors (Lipinski definition) is 8. The van der Waals surface area contributed by atoms with Crippen molar-refractivity contribution in [2.24, 2.45) is 16.5 Å². The number of aliphatic hydroxyl groups is 3. The molecule has 0 radical (unpaired) electrons. The van der Waals surface area contributed by atoms with Gasteiger partial charge in [0, 0.05) is 6.92 Å². The Morgan fingerprint density at radius 2 is 2.08 bits per heavy atom. The minimum atomic E-state index is -1.64. The number of nitrogens with two attached hydrogens (primary N) is 2. The van der Waals surface area contributed by atoms with Gasteiger partial charge in [0.05, 0.1) is 25.8 Å². The van der Waals surface area contributed by atoms with Crippen molar-refractivity contribution in [3.05, 3.63) is 11.8 Å². The Kier molecular flexibility index (Phi) is 6.95. The molecule has 5 atom stereocenters. The first-order valence-corrected chi connectivity index (χ1v) is 7.00. The minimum absolute atomic E-state index is 0.303. The fraction of sp³-hybridized carbons (Fsp3) is 0.615. The molecule has 0 saturated heterocycles. The third-order valence-electron chi connectivity index (χ3n) is 3.28. The lowest BCUT2D eigenvalue weighted by molar-refractivity contribution is -0.148. The number of carbonyl (C=O) groups is 2. The summed E-state index contributed by atoms with van der Waals surface area (Å²) in [6.07, 6.45) is -3.32. The first-order chi connectivity index (χ1) is 11.2. The number of nitrogens with zero attached hydrogens (tertiary/aromatic N) is 1. The summed E-state index contributed by atoms with van der Waals surface area (Å²) in [5, 5.41) is 31.3. The Balaban J connectivity index is 3.31. The number of guanidine groups is 1. The van der Waals surface area contributed by atoms with Crippen molar-refractivity contribution in [3.8, 4) is 0 Å². The molecule has 0 fully saturated rings. The van der Waals surface area contributed by atoms with Gasteiger partial charge in [-0.05, 0) is 6.08 Å².